The van der Waals surface area contributed by atoms with E-state index >= 15 is 0 Å². The van der Waals surface area contributed by atoms with Crippen LogP contribution in [-0.2, 0) is 9.59 Å². The Kier molecular flexibility index (Phi) is 8.06. The van der Waals surface area contributed by atoms with Crippen LogP contribution in [0, 0.1) is 17.8 Å². The fraction of sp³-hybridized carbons (Fsp3) is 0.412. The fourth-order valence-corrected chi connectivity index (χ4v) is 2.58. The van der Waals surface area contributed by atoms with Gasteiger partial charge in [-0.15, -0.1) is 0 Å². The second-order valence-electron chi connectivity index (χ2n) is 5.74. The second-order valence-corrected chi connectivity index (χ2v) is 6.61. The molecule has 1 aromatic rings. The molecule has 0 heterocycles. The number of carboxylic acids is 2. The quantitative estimate of drug-likeness (QED) is 0.640. The molecule has 0 aromatic heterocycles. The van der Waals surface area contributed by atoms with E-state index in [9.17, 15) is 19.8 Å². The van der Waals surface area contributed by atoms with E-state index in [2.05, 4.69) is 17.2 Å². The Balaban J connectivity index is 2.81. The summed E-state index contributed by atoms with van der Waals surface area (Å²) >= 11 is 11.7. The molecule has 0 aliphatic heterocycles. The summed E-state index contributed by atoms with van der Waals surface area (Å²) in [6, 6.07) is 2.78. The first-order valence-electron chi connectivity index (χ1n) is 7.35. The fourth-order valence-electron chi connectivity index (χ4n) is 2.05. The molecule has 7 heteroatoms. The smallest absolute Gasteiger partial charge is 0.321 e. The van der Waals surface area contributed by atoms with E-state index < -0.39 is 24.0 Å². The van der Waals surface area contributed by atoms with E-state index in [-0.39, 0.29) is 12.3 Å². The molecule has 2 atom stereocenters. The Morgan fingerprint density at radius 1 is 1.08 bits per heavy atom. The minimum absolute atomic E-state index is 0.0403. The van der Waals surface area contributed by atoms with Crippen molar-refractivity contribution in [3.05, 3.63) is 33.8 Å². The molecule has 130 valence electrons. The molecule has 0 bridgehead atoms. The third-order valence-corrected chi connectivity index (χ3v) is 3.54. The van der Waals surface area contributed by atoms with Crippen LogP contribution >= 0.6 is 23.2 Å². The molecule has 0 unspecified atom stereocenters. The summed E-state index contributed by atoms with van der Waals surface area (Å²) in [6.07, 6.45) is 0.289. The van der Waals surface area contributed by atoms with Gasteiger partial charge in [0.2, 0.25) is 0 Å². The van der Waals surface area contributed by atoms with Gasteiger partial charge in [-0.2, -0.15) is 0 Å². The standard InChI is InChI=1S/C17H19Cl2NO4/c1-10(2)6-15(17(23)24)20-14(16(21)22)5-3-4-11-7-12(18)9-13(19)8-11/h7-10,14-15,20H,5-6H2,1-2H3,(H,21,22)(H,23,24)/t14-,15-/m0/s1. The number of carbonyl (C=O) groups is 2. The molecule has 0 fully saturated rings. The van der Waals surface area contributed by atoms with Crippen molar-refractivity contribution in [3.63, 3.8) is 0 Å². The van der Waals surface area contributed by atoms with Crippen LogP contribution in [-0.4, -0.2) is 34.2 Å². The summed E-state index contributed by atoms with van der Waals surface area (Å²) in [5.41, 5.74) is 0.564. The van der Waals surface area contributed by atoms with E-state index in [1.54, 1.807) is 18.2 Å². The number of hydrogen-bond donors (Lipinski definition) is 3. The van der Waals surface area contributed by atoms with Gasteiger partial charge in [-0.05, 0) is 30.5 Å². The van der Waals surface area contributed by atoms with Crippen LogP contribution in [0.2, 0.25) is 10.0 Å². The first-order valence-corrected chi connectivity index (χ1v) is 8.11. The molecule has 0 amide bonds. The zero-order valence-corrected chi connectivity index (χ0v) is 14.9. The molecule has 3 N–H and O–H groups in total. The number of aliphatic carboxylic acids is 2. The number of rotatable bonds is 7. The SMILES string of the molecule is CC(C)C[C@H](N[C@@H](CC#Cc1cc(Cl)cc(Cl)c1)C(=O)O)C(=O)O. The molecule has 24 heavy (non-hydrogen) atoms. The van der Waals surface area contributed by atoms with Crippen molar-refractivity contribution in [3.8, 4) is 11.8 Å². The molecule has 1 aromatic carbocycles. The van der Waals surface area contributed by atoms with Gasteiger partial charge in [-0.25, -0.2) is 0 Å². The summed E-state index contributed by atoms with van der Waals surface area (Å²) in [7, 11) is 0. The van der Waals surface area contributed by atoms with Crippen molar-refractivity contribution in [2.24, 2.45) is 5.92 Å². The van der Waals surface area contributed by atoms with E-state index in [0.29, 0.717) is 22.0 Å². The lowest BCUT2D eigenvalue weighted by Gasteiger charge is -2.20. The number of benzene rings is 1. The summed E-state index contributed by atoms with van der Waals surface area (Å²) in [4.78, 5) is 22.6. The molecular weight excluding hydrogens is 353 g/mol. The predicted octanol–water partition coefficient (Wildman–Crippen LogP) is 3.28. The zero-order chi connectivity index (χ0) is 18.3. The van der Waals surface area contributed by atoms with Gasteiger partial charge in [0.05, 0.1) is 0 Å². The van der Waals surface area contributed by atoms with Gasteiger partial charge in [-0.1, -0.05) is 48.9 Å². The monoisotopic (exact) mass is 371 g/mol. The molecule has 0 saturated carbocycles. The van der Waals surface area contributed by atoms with Crippen molar-refractivity contribution in [1.82, 2.24) is 5.32 Å². The summed E-state index contributed by atoms with van der Waals surface area (Å²) < 4.78 is 0. The molecule has 1 rings (SSSR count). The largest absolute Gasteiger partial charge is 0.480 e. The minimum atomic E-state index is -1.15. The maximum atomic E-state index is 11.3. The highest BCUT2D eigenvalue weighted by atomic mass is 35.5. The molecule has 0 aliphatic rings. The Morgan fingerprint density at radius 2 is 1.62 bits per heavy atom. The zero-order valence-electron chi connectivity index (χ0n) is 13.3. The minimum Gasteiger partial charge on any atom is -0.480 e. The van der Waals surface area contributed by atoms with Gasteiger partial charge in [0.15, 0.2) is 0 Å². The van der Waals surface area contributed by atoms with Crippen LogP contribution < -0.4 is 5.32 Å². The van der Waals surface area contributed by atoms with Gasteiger partial charge < -0.3 is 10.2 Å². The highest BCUT2D eigenvalue weighted by molar-refractivity contribution is 6.34. The summed E-state index contributed by atoms with van der Waals surface area (Å²) in [6.45, 7) is 3.74. The second kappa shape index (κ2) is 9.53. The van der Waals surface area contributed by atoms with Crippen LogP contribution in [0.1, 0.15) is 32.3 Å². The lowest BCUT2D eigenvalue weighted by molar-refractivity contribution is -0.142. The average molecular weight is 372 g/mol. The first kappa shape index (κ1) is 20.3. The number of carboxylic acid groups (broad SMARTS) is 2. The van der Waals surface area contributed by atoms with E-state index in [4.69, 9.17) is 23.2 Å². The maximum Gasteiger partial charge on any atom is 0.321 e. The number of nitrogens with one attached hydrogen (secondary N) is 1. The summed E-state index contributed by atoms with van der Waals surface area (Å²) in [5, 5.41) is 22.0. The molecule has 0 spiro atoms. The van der Waals surface area contributed by atoms with E-state index in [0.717, 1.165) is 0 Å². The Labute approximate surface area is 151 Å². The average Bonchev–Trinajstić information content (AvgIpc) is 2.43. The Bertz CT molecular complexity index is 644. The predicted molar refractivity (Wildman–Crippen MR) is 93.4 cm³/mol. The first-order chi connectivity index (χ1) is 11.2. The molecule has 0 saturated heterocycles. The highest BCUT2D eigenvalue weighted by Gasteiger charge is 2.25. The van der Waals surface area contributed by atoms with Gasteiger partial charge in [0, 0.05) is 22.0 Å². The molecule has 0 aliphatic carbocycles. The van der Waals surface area contributed by atoms with Gasteiger partial charge in [0.25, 0.3) is 0 Å². The lowest BCUT2D eigenvalue weighted by Crippen LogP contribution is -2.47. The van der Waals surface area contributed by atoms with Crippen molar-refractivity contribution in [2.45, 2.75) is 38.8 Å². The van der Waals surface area contributed by atoms with E-state index in [1.165, 1.54) is 0 Å². The van der Waals surface area contributed by atoms with Crippen molar-refractivity contribution in [2.75, 3.05) is 0 Å². The molecule has 0 radical (unpaired) electrons. The third-order valence-electron chi connectivity index (χ3n) is 3.11. The summed E-state index contributed by atoms with van der Waals surface area (Å²) in [5.74, 6) is 3.41. The van der Waals surface area contributed by atoms with Crippen LogP contribution in [0.4, 0.5) is 0 Å². The molecular formula is C17H19Cl2NO4. The molecule has 5 nitrogen and oxygen atoms in total. The van der Waals surface area contributed by atoms with E-state index in [1.807, 2.05) is 13.8 Å². The van der Waals surface area contributed by atoms with Gasteiger partial charge in [-0.3, -0.25) is 14.9 Å². The van der Waals surface area contributed by atoms with Crippen molar-refractivity contribution < 1.29 is 19.8 Å². The third kappa shape index (κ3) is 7.22. The van der Waals surface area contributed by atoms with Crippen molar-refractivity contribution in [1.29, 1.82) is 0 Å². The highest BCUT2D eigenvalue weighted by Crippen LogP contribution is 2.18. The van der Waals surface area contributed by atoms with Crippen molar-refractivity contribution >= 4 is 35.1 Å². The Hall–Kier alpha value is -1.74. The normalized spacial score (nSPS) is 13.0. The maximum absolute atomic E-state index is 11.3. The number of hydrogen-bond acceptors (Lipinski definition) is 3. The van der Waals surface area contributed by atoms with Crippen LogP contribution in [0.5, 0.6) is 0 Å². The van der Waals surface area contributed by atoms with Gasteiger partial charge in [0.1, 0.15) is 12.1 Å². The van der Waals surface area contributed by atoms with Crippen LogP contribution in [0.25, 0.3) is 0 Å². The lowest BCUT2D eigenvalue weighted by atomic mass is 10.0. The van der Waals surface area contributed by atoms with Crippen LogP contribution in [0.3, 0.4) is 0 Å². The Morgan fingerprint density at radius 3 is 2.08 bits per heavy atom. The number of halogens is 2. The van der Waals surface area contributed by atoms with Crippen LogP contribution in [0.15, 0.2) is 18.2 Å². The topological polar surface area (TPSA) is 86.6 Å². The van der Waals surface area contributed by atoms with Gasteiger partial charge >= 0.3 is 11.9 Å².